The molecule has 0 amide bonds. The summed E-state index contributed by atoms with van der Waals surface area (Å²) in [5.74, 6) is 0.948. The number of thiophene rings is 1. The second-order valence-corrected chi connectivity index (χ2v) is 4.62. The second kappa shape index (κ2) is 3.73. The number of rotatable bonds is 4. The molecular weight excluding hydrogens is 212 g/mol. The molecule has 0 saturated heterocycles. The first-order valence-electron chi connectivity index (χ1n) is 4.87. The summed E-state index contributed by atoms with van der Waals surface area (Å²) in [6.45, 7) is 0. The number of nitrogen functional groups attached to an aromatic ring is 1. The Morgan fingerprint density at radius 2 is 2.27 bits per heavy atom. The molecule has 0 spiro atoms. The second-order valence-electron chi connectivity index (χ2n) is 3.60. The van der Waals surface area contributed by atoms with Crippen LogP contribution in [0.4, 0.5) is 10.7 Å². The van der Waals surface area contributed by atoms with Crippen LogP contribution in [0.2, 0.25) is 0 Å². The van der Waals surface area contributed by atoms with Crippen molar-refractivity contribution in [2.45, 2.75) is 12.8 Å². The number of anilines is 2. The number of nitrogens with two attached hydrogens (primary N) is 1. The van der Waals surface area contributed by atoms with E-state index in [1.165, 1.54) is 11.3 Å². The van der Waals surface area contributed by atoms with E-state index in [0.29, 0.717) is 16.3 Å². The number of ketones is 1. The Morgan fingerprint density at radius 3 is 2.67 bits per heavy atom. The number of hydrogen-bond donors (Lipinski definition) is 2. The lowest BCUT2D eigenvalue weighted by Gasteiger charge is -2.01. The number of nitrogens with one attached hydrogen (secondary N) is 1. The van der Waals surface area contributed by atoms with Gasteiger partial charge >= 0.3 is 0 Å². The number of carbonyl (C=O) groups is 1. The fourth-order valence-electron chi connectivity index (χ4n) is 1.51. The average molecular weight is 226 g/mol. The van der Waals surface area contributed by atoms with Gasteiger partial charge in [-0.2, -0.15) is 0 Å². The van der Waals surface area contributed by atoms with Gasteiger partial charge in [-0.25, -0.2) is 0 Å². The van der Waals surface area contributed by atoms with Crippen molar-refractivity contribution in [2.75, 3.05) is 25.2 Å². The van der Waals surface area contributed by atoms with E-state index in [0.717, 1.165) is 17.8 Å². The maximum absolute atomic E-state index is 11.9. The third-order valence-electron chi connectivity index (χ3n) is 2.50. The summed E-state index contributed by atoms with van der Waals surface area (Å²) in [7, 11) is 3.35. The maximum atomic E-state index is 11.9. The largest absolute Gasteiger partial charge is 0.492 e. The predicted molar refractivity (Wildman–Crippen MR) is 61.9 cm³/mol. The summed E-state index contributed by atoms with van der Waals surface area (Å²) >= 11 is 1.38. The van der Waals surface area contributed by atoms with Crippen molar-refractivity contribution in [3.63, 3.8) is 0 Å². The standard InChI is InChI=1S/C10H14N2O2S/c1-12-10-8(14-2)6(11)9(15-10)7(13)5-3-4-5/h5,12H,3-4,11H2,1-2H3. The van der Waals surface area contributed by atoms with Crippen molar-refractivity contribution in [3.8, 4) is 5.75 Å². The zero-order valence-corrected chi connectivity index (χ0v) is 9.61. The van der Waals surface area contributed by atoms with Gasteiger partial charge in [0.2, 0.25) is 0 Å². The van der Waals surface area contributed by atoms with Gasteiger partial charge in [-0.3, -0.25) is 4.79 Å². The summed E-state index contributed by atoms with van der Waals surface area (Å²) in [6.07, 6.45) is 1.99. The van der Waals surface area contributed by atoms with Crippen molar-refractivity contribution in [1.82, 2.24) is 0 Å². The molecule has 1 heterocycles. The van der Waals surface area contributed by atoms with Gasteiger partial charge in [-0.05, 0) is 12.8 Å². The molecule has 1 aromatic heterocycles. The van der Waals surface area contributed by atoms with Crippen molar-refractivity contribution < 1.29 is 9.53 Å². The first-order chi connectivity index (χ1) is 7.19. The van der Waals surface area contributed by atoms with E-state index in [1.807, 2.05) is 0 Å². The highest BCUT2D eigenvalue weighted by Gasteiger charge is 2.34. The first kappa shape index (κ1) is 10.3. The van der Waals surface area contributed by atoms with Gasteiger partial charge in [0.15, 0.2) is 11.5 Å². The van der Waals surface area contributed by atoms with Crippen LogP contribution in [0.5, 0.6) is 5.75 Å². The van der Waals surface area contributed by atoms with Crippen LogP contribution in [0.3, 0.4) is 0 Å². The number of carbonyl (C=O) groups excluding carboxylic acids is 1. The Kier molecular flexibility index (Phi) is 2.56. The van der Waals surface area contributed by atoms with Crippen molar-refractivity contribution >= 4 is 27.8 Å². The third-order valence-corrected chi connectivity index (χ3v) is 3.72. The molecular formula is C10H14N2O2S. The molecule has 0 radical (unpaired) electrons. The Labute approximate surface area is 92.4 Å². The van der Waals surface area contributed by atoms with E-state index in [-0.39, 0.29) is 11.7 Å². The SMILES string of the molecule is CNc1sc(C(=O)C2CC2)c(N)c1OC. The van der Waals surface area contributed by atoms with Gasteiger partial charge in [0.05, 0.1) is 17.7 Å². The Balaban J connectivity index is 2.38. The lowest BCUT2D eigenvalue weighted by Crippen LogP contribution is -2.02. The summed E-state index contributed by atoms with van der Waals surface area (Å²) in [5, 5.41) is 3.80. The highest BCUT2D eigenvalue weighted by molar-refractivity contribution is 7.19. The van der Waals surface area contributed by atoms with Crippen LogP contribution in [-0.4, -0.2) is 19.9 Å². The summed E-state index contributed by atoms with van der Waals surface area (Å²) < 4.78 is 5.17. The van der Waals surface area contributed by atoms with E-state index in [4.69, 9.17) is 10.5 Å². The lowest BCUT2D eigenvalue weighted by molar-refractivity contribution is 0.0972. The highest BCUT2D eigenvalue weighted by Crippen LogP contribution is 2.45. The molecule has 2 rings (SSSR count). The van der Waals surface area contributed by atoms with Gasteiger partial charge in [0.25, 0.3) is 0 Å². The molecule has 15 heavy (non-hydrogen) atoms. The lowest BCUT2D eigenvalue weighted by atomic mass is 10.2. The van der Waals surface area contributed by atoms with Crippen LogP contribution in [0.1, 0.15) is 22.5 Å². The zero-order valence-electron chi connectivity index (χ0n) is 8.79. The molecule has 1 aromatic rings. The third kappa shape index (κ3) is 1.67. The summed E-state index contributed by atoms with van der Waals surface area (Å²) in [6, 6.07) is 0. The van der Waals surface area contributed by atoms with E-state index in [1.54, 1.807) is 14.2 Å². The normalized spacial score (nSPS) is 15.1. The quantitative estimate of drug-likeness (QED) is 0.770. The molecule has 1 aliphatic carbocycles. The number of Topliss-reactive ketones (excluding diaryl/α,β-unsaturated/α-hetero) is 1. The molecule has 1 fully saturated rings. The minimum absolute atomic E-state index is 0.164. The number of hydrogen-bond acceptors (Lipinski definition) is 5. The Hall–Kier alpha value is -1.23. The van der Waals surface area contributed by atoms with Gasteiger partial charge in [-0.15, -0.1) is 11.3 Å². The molecule has 0 atom stereocenters. The topological polar surface area (TPSA) is 64.4 Å². The molecule has 5 heteroatoms. The molecule has 3 N–H and O–H groups in total. The van der Waals surface area contributed by atoms with Crippen molar-refractivity contribution in [2.24, 2.45) is 5.92 Å². The predicted octanol–water partition coefficient (Wildman–Crippen LogP) is 1.97. The molecule has 0 aliphatic heterocycles. The van der Waals surface area contributed by atoms with Gasteiger partial charge in [0.1, 0.15) is 5.00 Å². The van der Waals surface area contributed by atoms with Gasteiger partial charge in [0, 0.05) is 13.0 Å². The van der Waals surface area contributed by atoms with E-state index in [2.05, 4.69) is 5.32 Å². The Morgan fingerprint density at radius 1 is 1.60 bits per heavy atom. The van der Waals surface area contributed by atoms with Crippen LogP contribution in [0.25, 0.3) is 0 Å². The maximum Gasteiger partial charge on any atom is 0.178 e. The van der Waals surface area contributed by atoms with Gasteiger partial charge in [-0.1, -0.05) is 0 Å². The van der Waals surface area contributed by atoms with Crippen LogP contribution in [0.15, 0.2) is 0 Å². The molecule has 0 bridgehead atoms. The monoisotopic (exact) mass is 226 g/mol. The minimum atomic E-state index is 0.164. The fraction of sp³-hybridized carbons (Fsp3) is 0.500. The van der Waals surface area contributed by atoms with Crippen LogP contribution in [-0.2, 0) is 0 Å². The Bertz CT molecular complexity index is 396. The molecule has 1 saturated carbocycles. The average Bonchev–Trinajstić information content (AvgIpc) is 3.02. The zero-order chi connectivity index (χ0) is 11.0. The van der Waals surface area contributed by atoms with E-state index >= 15 is 0 Å². The number of ether oxygens (including phenoxy) is 1. The molecule has 82 valence electrons. The molecule has 0 aromatic carbocycles. The fourth-order valence-corrected chi connectivity index (χ4v) is 2.57. The van der Waals surface area contributed by atoms with Crippen molar-refractivity contribution in [1.29, 1.82) is 0 Å². The first-order valence-corrected chi connectivity index (χ1v) is 5.69. The molecule has 4 nitrogen and oxygen atoms in total. The van der Waals surface area contributed by atoms with Crippen LogP contribution >= 0.6 is 11.3 Å². The molecule has 0 unspecified atom stereocenters. The minimum Gasteiger partial charge on any atom is -0.492 e. The number of methoxy groups -OCH3 is 1. The van der Waals surface area contributed by atoms with Crippen LogP contribution in [0, 0.1) is 5.92 Å². The van der Waals surface area contributed by atoms with E-state index < -0.39 is 0 Å². The smallest absolute Gasteiger partial charge is 0.178 e. The summed E-state index contributed by atoms with van der Waals surface area (Å²) in [5.41, 5.74) is 6.36. The van der Waals surface area contributed by atoms with Gasteiger partial charge < -0.3 is 15.8 Å². The molecule has 1 aliphatic rings. The van der Waals surface area contributed by atoms with E-state index in [9.17, 15) is 4.79 Å². The summed E-state index contributed by atoms with van der Waals surface area (Å²) in [4.78, 5) is 12.5. The highest BCUT2D eigenvalue weighted by atomic mass is 32.1. The van der Waals surface area contributed by atoms with Crippen LogP contribution < -0.4 is 15.8 Å². The van der Waals surface area contributed by atoms with Crippen molar-refractivity contribution in [3.05, 3.63) is 4.88 Å².